The molecule has 0 fully saturated rings. The van der Waals surface area contributed by atoms with Crippen molar-refractivity contribution >= 4 is 0 Å². The first-order chi connectivity index (χ1) is 5.75. The summed E-state index contributed by atoms with van der Waals surface area (Å²) in [5.41, 5.74) is 1.42. The topological polar surface area (TPSA) is 21.3 Å². The van der Waals surface area contributed by atoms with Crippen LogP contribution in [-0.4, -0.2) is 19.7 Å². The average molecular weight is 169 g/mol. The summed E-state index contributed by atoms with van der Waals surface area (Å²) in [4.78, 5) is 0. The Morgan fingerprint density at radius 2 is 2.25 bits per heavy atom. The van der Waals surface area contributed by atoms with Crippen molar-refractivity contribution in [1.29, 1.82) is 0 Å². The van der Waals surface area contributed by atoms with Gasteiger partial charge >= 0.3 is 0 Å². The third-order valence-electron chi connectivity index (χ3n) is 2.34. The molecule has 1 aliphatic rings. The zero-order valence-electron chi connectivity index (χ0n) is 8.26. The molecule has 0 saturated carbocycles. The lowest BCUT2D eigenvalue weighted by Gasteiger charge is -2.25. The van der Waals surface area contributed by atoms with Crippen LogP contribution in [0.4, 0.5) is 0 Å². The van der Waals surface area contributed by atoms with Crippen molar-refractivity contribution in [3.63, 3.8) is 0 Å². The lowest BCUT2D eigenvalue weighted by molar-refractivity contribution is 0.216. The number of hydrogen-bond donors (Lipinski definition) is 1. The predicted molar refractivity (Wildman–Crippen MR) is 51.0 cm³/mol. The molecular formula is C10H19NO. The Kier molecular flexibility index (Phi) is 3.60. The molecule has 0 radical (unpaired) electrons. The van der Waals surface area contributed by atoms with Crippen molar-refractivity contribution in [1.82, 2.24) is 5.32 Å². The van der Waals surface area contributed by atoms with Gasteiger partial charge in [-0.15, -0.1) is 0 Å². The summed E-state index contributed by atoms with van der Waals surface area (Å²) in [6.45, 7) is 5.35. The highest BCUT2D eigenvalue weighted by Gasteiger charge is 2.17. The van der Waals surface area contributed by atoms with E-state index in [1.807, 2.05) is 13.3 Å². The van der Waals surface area contributed by atoms with Crippen LogP contribution in [0.1, 0.15) is 26.7 Å². The standard InChI is InChI=1S/C10H19NO/c1-8(2)10(11-3)9-5-4-6-12-7-9/h7-8,10-11H,4-6H2,1-3H3. The highest BCUT2D eigenvalue weighted by molar-refractivity contribution is 5.10. The molecule has 0 aromatic rings. The van der Waals surface area contributed by atoms with Crippen LogP contribution in [0.15, 0.2) is 11.8 Å². The summed E-state index contributed by atoms with van der Waals surface area (Å²) >= 11 is 0. The Bertz CT molecular complexity index is 163. The van der Waals surface area contributed by atoms with Gasteiger partial charge in [-0.1, -0.05) is 13.8 Å². The number of nitrogens with one attached hydrogen (secondary N) is 1. The molecule has 0 aromatic carbocycles. The van der Waals surface area contributed by atoms with Crippen molar-refractivity contribution < 1.29 is 4.74 Å². The van der Waals surface area contributed by atoms with Crippen molar-refractivity contribution in [2.24, 2.45) is 5.92 Å². The van der Waals surface area contributed by atoms with E-state index in [2.05, 4.69) is 19.2 Å². The highest BCUT2D eigenvalue weighted by atomic mass is 16.5. The first-order valence-electron chi connectivity index (χ1n) is 4.73. The first-order valence-corrected chi connectivity index (χ1v) is 4.73. The second kappa shape index (κ2) is 4.51. The molecule has 0 aromatic heterocycles. The second-order valence-corrected chi connectivity index (χ2v) is 3.68. The van der Waals surface area contributed by atoms with Gasteiger partial charge in [0.25, 0.3) is 0 Å². The van der Waals surface area contributed by atoms with Gasteiger partial charge in [0.15, 0.2) is 0 Å². The summed E-state index contributed by atoms with van der Waals surface area (Å²) in [6.07, 6.45) is 4.28. The Labute approximate surface area is 75.0 Å². The van der Waals surface area contributed by atoms with E-state index in [0.717, 1.165) is 13.0 Å². The average Bonchev–Trinajstić information content (AvgIpc) is 2.07. The van der Waals surface area contributed by atoms with Gasteiger partial charge in [0.05, 0.1) is 12.9 Å². The summed E-state index contributed by atoms with van der Waals surface area (Å²) < 4.78 is 5.31. The lowest BCUT2D eigenvalue weighted by Crippen LogP contribution is -2.33. The smallest absolute Gasteiger partial charge is 0.0876 e. The minimum atomic E-state index is 0.491. The maximum atomic E-state index is 5.31. The van der Waals surface area contributed by atoms with Crippen LogP contribution in [0.3, 0.4) is 0 Å². The largest absolute Gasteiger partial charge is 0.501 e. The minimum absolute atomic E-state index is 0.491. The Hall–Kier alpha value is -0.500. The number of hydrogen-bond acceptors (Lipinski definition) is 2. The molecule has 1 rings (SSSR count). The third-order valence-corrected chi connectivity index (χ3v) is 2.34. The van der Waals surface area contributed by atoms with Crippen molar-refractivity contribution in [2.45, 2.75) is 32.7 Å². The minimum Gasteiger partial charge on any atom is -0.501 e. The summed E-state index contributed by atoms with van der Waals surface area (Å²) in [5.74, 6) is 0.642. The molecule has 70 valence electrons. The van der Waals surface area contributed by atoms with Crippen LogP contribution in [0.5, 0.6) is 0 Å². The highest BCUT2D eigenvalue weighted by Crippen LogP contribution is 2.20. The molecular weight excluding hydrogens is 150 g/mol. The molecule has 1 heterocycles. The molecule has 12 heavy (non-hydrogen) atoms. The zero-order chi connectivity index (χ0) is 8.97. The Morgan fingerprint density at radius 1 is 1.50 bits per heavy atom. The zero-order valence-corrected chi connectivity index (χ0v) is 8.26. The molecule has 1 unspecified atom stereocenters. The molecule has 0 spiro atoms. The second-order valence-electron chi connectivity index (χ2n) is 3.68. The third kappa shape index (κ3) is 2.24. The summed E-state index contributed by atoms with van der Waals surface area (Å²) in [5, 5.41) is 3.32. The van der Waals surface area contributed by atoms with E-state index in [4.69, 9.17) is 4.74 Å². The fourth-order valence-electron chi connectivity index (χ4n) is 1.76. The van der Waals surface area contributed by atoms with Crippen LogP contribution < -0.4 is 5.32 Å². The van der Waals surface area contributed by atoms with Crippen LogP contribution >= 0.6 is 0 Å². The monoisotopic (exact) mass is 169 g/mol. The van der Waals surface area contributed by atoms with Gasteiger partial charge in [-0.2, -0.15) is 0 Å². The number of likely N-dealkylation sites (N-methyl/N-ethyl adjacent to an activating group) is 1. The maximum absolute atomic E-state index is 5.31. The van der Waals surface area contributed by atoms with Crippen molar-refractivity contribution in [3.8, 4) is 0 Å². The maximum Gasteiger partial charge on any atom is 0.0876 e. The van der Waals surface area contributed by atoms with Gasteiger partial charge in [0.2, 0.25) is 0 Å². The van der Waals surface area contributed by atoms with Crippen molar-refractivity contribution in [3.05, 3.63) is 11.8 Å². The molecule has 1 atom stereocenters. The first kappa shape index (κ1) is 9.59. The van der Waals surface area contributed by atoms with E-state index in [0.29, 0.717) is 12.0 Å². The molecule has 1 aliphatic heterocycles. The normalized spacial score (nSPS) is 20.2. The van der Waals surface area contributed by atoms with Crippen LogP contribution in [-0.2, 0) is 4.74 Å². The molecule has 2 nitrogen and oxygen atoms in total. The SMILES string of the molecule is CNC(C1=COCCC1)C(C)C. The van der Waals surface area contributed by atoms with Gasteiger partial charge in [-0.3, -0.25) is 0 Å². The van der Waals surface area contributed by atoms with Crippen LogP contribution in [0.25, 0.3) is 0 Å². The van der Waals surface area contributed by atoms with E-state index >= 15 is 0 Å². The van der Waals surface area contributed by atoms with E-state index in [9.17, 15) is 0 Å². The van der Waals surface area contributed by atoms with Crippen LogP contribution in [0.2, 0.25) is 0 Å². The molecule has 0 aliphatic carbocycles. The number of rotatable bonds is 3. The Morgan fingerprint density at radius 3 is 2.67 bits per heavy atom. The van der Waals surface area contributed by atoms with E-state index in [1.165, 1.54) is 12.0 Å². The van der Waals surface area contributed by atoms with Crippen molar-refractivity contribution in [2.75, 3.05) is 13.7 Å². The lowest BCUT2D eigenvalue weighted by atomic mass is 9.93. The van der Waals surface area contributed by atoms with Gasteiger partial charge in [0.1, 0.15) is 0 Å². The molecule has 0 bridgehead atoms. The summed E-state index contributed by atoms with van der Waals surface area (Å²) in [6, 6.07) is 0.491. The molecule has 2 heteroatoms. The van der Waals surface area contributed by atoms with Gasteiger partial charge in [-0.25, -0.2) is 0 Å². The van der Waals surface area contributed by atoms with Gasteiger partial charge in [-0.05, 0) is 31.4 Å². The van der Waals surface area contributed by atoms with E-state index in [-0.39, 0.29) is 0 Å². The quantitative estimate of drug-likeness (QED) is 0.697. The number of ether oxygens (including phenoxy) is 1. The molecule has 0 amide bonds. The Balaban J connectivity index is 2.57. The van der Waals surface area contributed by atoms with E-state index in [1.54, 1.807) is 0 Å². The predicted octanol–water partition coefficient (Wildman–Crippen LogP) is 1.92. The fraction of sp³-hybridized carbons (Fsp3) is 0.800. The van der Waals surface area contributed by atoms with Gasteiger partial charge < -0.3 is 10.1 Å². The summed E-state index contributed by atoms with van der Waals surface area (Å²) in [7, 11) is 2.01. The molecule has 1 N–H and O–H groups in total. The molecule has 0 saturated heterocycles. The van der Waals surface area contributed by atoms with E-state index < -0.39 is 0 Å². The van der Waals surface area contributed by atoms with Crippen LogP contribution in [0, 0.1) is 5.92 Å². The fourth-order valence-corrected chi connectivity index (χ4v) is 1.76. The van der Waals surface area contributed by atoms with Gasteiger partial charge in [0, 0.05) is 6.04 Å².